The highest BCUT2D eigenvalue weighted by atomic mass is 16.2. The van der Waals surface area contributed by atoms with Gasteiger partial charge in [-0.3, -0.25) is 4.79 Å². The molecule has 0 bridgehead atoms. The number of aromatic nitrogens is 4. The number of nitrogens with zero attached hydrogens (tertiary/aromatic N) is 4. The molecule has 1 aliphatic carbocycles. The Labute approximate surface area is 106 Å². The number of carbonyl (C=O) groups is 1. The number of hydrogen-bond donors (Lipinski definition) is 1. The van der Waals surface area contributed by atoms with Gasteiger partial charge >= 0.3 is 0 Å². The summed E-state index contributed by atoms with van der Waals surface area (Å²) in [5.74, 6) is 0.613. The molecule has 1 aliphatic rings. The maximum atomic E-state index is 11.7. The Kier molecular flexibility index (Phi) is 4.44. The van der Waals surface area contributed by atoms with Crippen molar-refractivity contribution in [3.05, 3.63) is 17.5 Å². The Balaban J connectivity index is 1.69. The number of hydrogen-bond acceptors (Lipinski definition) is 4. The first-order valence-electron chi connectivity index (χ1n) is 6.43. The first-order valence-corrected chi connectivity index (χ1v) is 6.43. The zero-order chi connectivity index (χ0) is 12.8. The van der Waals surface area contributed by atoms with Crippen LogP contribution < -0.4 is 5.32 Å². The molecule has 2 rings (SSSR count). The van der Waals surface area contributed by atoms with E-state index >= 15 is 0 Å². The molecule has 0 fully saturated rings. The minimum atomic E-state index is -0.0400. The molecule has 0 saturated carbocycles. The average Bonchev–Trinajstić information content (AvgIpc) is 2.76. The number of nitrogens with one attached hydrogen (secondary N) is 1. The van der Waals surface area contributed by atoms with E-state index in [9.17, 15) is 4.79 Å². The molecule has 0 aliphatic heterocycles. The summed E-state index contributed by atoms with van der Waals surface area (Å²) in [6, 6.07) is 0. The first-order chi connectivity index (χ1) is 8.75. The van der Waals surface area contributed by atoms with Gasteiger partial charge in [-0.05, 0) is 49.5 Å². The monoisotopic (exact) mass is 249 g/mol. The predicted molar refractivity (Wildman–Crippen MR) is 66.7 cm³/mol. The molecule has 1 aromatic rings. The fraction of sp³-hybridized carbons (Fsp3) is 0.667. The molecule has 1 heterocycles. The topological polar surface area (TPSA) is 72.7 Å². The highest BCUT2D eigenvalue weighted by Crippen LogP contribution is 2.19. The van der Waals surface area contributed by atoms with E-state index in [1.54, 1.807) is 6.92 Å². The molecule has 1 amide bonds. The van der Waals surface area contributed by atoms with Gasteiger partial charge < -0.3 is 5.32 Å². The second-order valence-corrected chi connectivity index (χ2v) is 4.59. The van der Waals surface area contributed by atoms with Crippen LogP contribution in [0.5, 0.6) is 0 Å². The summed E-state index contributed by atoms with van der Waals surface area (Å²) in [6.45, 7) is 2.67. The van der Waals surface area contributed by atoms with Crippen LogP contribution in [0.1, 0.15) is 37.9 Å². The van der Waals surface area contributed by atoms with E-state index in [-0.39, 0.29) is 12.5 Å². The molecular weight excluding hydrogens is 230 g/mol. The van der Waals surface area contributed by atoms with E-state index in [0.717, 1.165) is 6.42 Å². The van der Waals surface area contributed by atoms with Crippen molar-refractivity contribution in [2.45, 2.75) is 45.6 Å². The highest BCUT2D eigenvalue weighted by molar-refractivity contribution is 5.75. The molecule has 0 spiro atoms. The van der Waals surface area contributed by atoms with Crippen molar-refractivity contribution < 1.29 is 4.79 Å². The molecule has 98 valence electrons. The highest BCUT2D eigenvalue weighted by Gasteiger charge is 2.07. The Morgan fingerprint density at radius 3 is 3.06 bits per heavy atom. The summed E-state index contributed by atoms with van der Waals surface area (Å²) in [4.78, 5) is 11.7. The second kappa shape index (κ2) is 6.28. The molecular formula is C12H19N5O. The van der Waals surface area contributed by atoms with Crippen molar-refractivity contribution in [3.8, 4) is 0 Å². The maximum Gasteiger partial charge on any atom is 0.241 e. The van der Waals surface area contributed by atoms with Crippen LogP contribution in [0.4, 0.5) is 0 Å². The average molecular weight is 249 g/mol. The molecule has 0 aromatic carbocycles. The van der Waals surface area contributed by atoms with Crippen LogP contribution >= 0.6 is 0 Å². The Morgan fingerprint density at radius 1 is 1.50 bits per heavy atom. The largest absolute Gasteiger partial charge is 0.354 e. The van der Waals surface area contributed by atoms with Crippen molar-refractivity contribution in [1.29, 1.82) is 0 Å². The lowest BCUT2D eigenvalue weighted by molar-refractivity contribution is -0.121. The SMILES string of the molecule is Cc1nnnn1CC(=O)NCCC1=CCCCC1. The summed E-state index contributed by atoms with van der Waals surface area (Å²) in [5.41, 5.74) is 1.47. The van der Waals surface area contributed by atoms with Gasteiger partial charge in [0.1, 0.15) is 12.4 Å². The normalized spacial score (nSPS) is 15.3. The van der Waals surface area contributed by atoms with Gasteiger partial charge in [-0.2, -0.15) is 0 Å². The van der Waals surface area contributed by atoms with Gasteiger partial charge in [-0.15, -0.1) is 5.10 Å². The quantitative estimate of drug-likeness (QED) is 0.790. The van der Waals surface area contributed by atoms with E-state index in [1.807, 2.05) is 0 Å². The van der Waals surface area contributed by atoms with Gasteiger partial charge in [0, 0.05) is 6.54 Å². The molecule has 1 aromatic heterocycles. The van der Waals surface area contributed by atoms with Crippen LogP contribution in [0.3, 0.4) is 0 Å². The first kappa shape index (κ1) is 12.7. The summed E-state index contributed by atoms with van der Waals surface area (Å²) in [5, 5.41) is 13.9. The summed E-state index contributed by atoms with van der Waals surface area (Å²) in [6.07, 6.45) is 8.22. The molecule has 0 saturated heterocycles. The summed E-state index contributed by atoms with van der Waals surface area (Å²) >= 11 is 0. The third kappa shape index (κ3) is 3.65. The number of rotatable bonds is 5. The second-order valence-electron chi connectivity index (χ2n) is 4.59. The molecule has 18 heavy (non-hydrogen) atoms. The lowest BCUT2D eigenvalue weighted by Crippen LogP contribution is -2.29. The van der Waals surface area contributed by atoms with Crippen LogP contribution in [0, 0.1) is 6.92 Å². The van der Waals surface area contributed by atoms with Gasteiger partial charge in [0.25, 0.3) is 0 Å². The molecule has 6 heteroatoms. The van der Waals surface area contributed by atoms with E-state index < -0.39 is 0 Å². The van der Waals surface area contributed by atoms with Crippen LogP contribution in [0.2, 0.25) is 0 Å². The van der Waals surface area contributed by atoms with Crippen LogP contribution in [-0.4, -0.2) is 32.7 Å². The summed E-state index contributed by atoms with van der Waals surface area (Å²) < 4.78 is 1.50. The van der Waals surface area contributed by atoms with E-state index in [2.05, 4.69) is 26.9 Å². The van der Waals surface area contributed by atoms with Crippen LogP contribution in [-0.2, 0) is 11.3 Å². The number of allylic oxidation sites excluding steroid dienone is 1. The van der Waals surface area contributed by atoms with Crippen molar-refractivity contribution >= 4 is 5.91 Å². The zero-order valence-electron chi connectivity index (χ0n) is 10.7. The Hall–Kier alpha value is -1.72. The Bertz CT molecular complexity index is 437. The van der Waals surface area contributed by atoms with Crippen LogP contribution in [0.15, 0.2) is 11.6 Å². The fourth-order valence-corrected chi connectivity index (χ4v) is 2.08. The zero-order valence-corrected chi connectivity index (χ0v) is 10.7. The lowest BCUT2D eigenvalue weighted by Gasteiger charge is -2.12. The Morgan fingerprint density at radius 2 is 2.39 bits per heavy atom. The number of aryl methyl sites for hydroxylation is 1. The maximum absolute atomic E-state index is 11.7. The van der Waals surface area contributed by atoms with Crippen molar-refractivity contribution in [2.24, 2.45) is 0 Å². The van der Waals surface area contributed by atoms with Crippen molar-refractivity contribution in [2.75, 3.05) is 6.54 Å². The van der Waals surface area contributed by atoms with Gasteiger partial charge in [0.2, 0.25) is 5.91 Å². The van der Waals surface area contributed by atoms with Crippen molar-refractivity contribution in [1.82, 2.24) is 25.5 Å². The van der Waals surface area contributed by atoms with E-state index in [0.29, 0.717) is 12.4 Å². The molecule has 0 unspecified atom stereocenters. The van der Waals surface area contributed by atoms with Gasteiger partial charge in [-0.1, -0.05) is 11.6 Å². The van der Waals surface area contributed by atoms with Gasteiger partial charge in [0.15, 0.2) is 0 Å². The smallest absolute Gasteiger partial charge is 0.241 e. The van der Waals surface area contributed by atoms with Crippen LogP contribution in [0.25, 0.3) is 0 Å². The predicted octanol–water partition coefficient (Wildman–Crippen LogP) is 0.988. The lowest BCUT2D eigenvalue weighted by atomic mass is 9.97. The molecule has 1 N–H and O–H groups in total. The third-order valence-electron chi connectivity index (χ3n) is 3.16. The summed E-state index contributed by atoms with van der Waals surface area (Å²) in [7, 11) is 0. The molecule has 0 atom stereocenters. The number of tetrazole rings is 1. The minimum absolute atomic E-state index is 0.0400. The van der Waals surface area contributed by atoms with E-state index in [4.69, 9.17) is 0 Å². The van der Waals surface area contributed by atoms with E-state index in [1.165, 1.54) is 35.9 Å². The number of carbonyl (C=O) groups excluding carboxylic acids is 1. The fourth-order valence-electron chi connectivity index (χ4n) is 2.08. The van der Waals surface area contributed by atoms with Crippen molar-refractivity contribution in [3.63, 3.8) is 0 Å². The van der Waals surface area contributed by atoms with Gasteiger partial charge in [0.05, 0.1) is 0 Å². The molecule has 0 radical (unpaired) electrons. The standard InChI is InChI=1S/C12H19N5O/c1-10-14-15-16-17(10)9-12(18)13-8-7-11-5-3-2-4-6-11/h5H,2-4,6-9H2,1H3,(H,13,18). The van der Waals surface area contributed by atoms with Gasteiger partial charge in [-0.25, -0.2) is 4.68 Å². The molecule has 6 nitrogen and oxygen atoms in total. The third-order valence-corrected chi connectivity index (χ3v) is 3.16. The minimum Gasteiger partial charge on any atom is -0.354 e. The number of amides is 1.